The van der Waals surface area contributed by atoms with Gasteiger partial charge in [-0.2, -0.15) is 0 Å². The molecule has 0 spiro atoms. The number of hydrogen-bond acceptors (Lipinski definition) is 8. The minimum atomic E-state index is 0.0316. The Bertz CT molecular complexity index is 1530. The summed E-state index contributed by atoms with van der Waals surface area (Å²) in [5, 5.41) is 7.11. The summed E-state index contributed by atoms with van der Waals surface area (Å²) in [5.74, 6) is 3.05. The number of ether oxygens (including phenoxy) is 3. The van der Waals surface area contributed by atoms with Crippen LogP contribution in [0.3, 0.4) is 0 Å². The van der Waals surface area contributed by atoms with Gasteiger partial charge < -0.3 is 34.3 Å². The van der Waals surface area contributed by atoms with Crippen LogP contribution in [0.25, 0.3) is 11.0 Å². The van der Waals surface area contributed by atoms with Gasteiger partial charge in [-0.25, -0.2) is 4.98 Å². The number of anilines is 2. The van der Waals surface area contributed by atoms with Gasteiger partial charge in [0.2, 0.25) is 11.7 Å². The maximum absolute atomic E-state index is 13.7. The monoisotopic (exact) mass is 630 g/mol. The molecule has 2 aromatic heterocycles. The van der Waals surface area contributed by atoms with Crippen LogP contribution in [0.2, 0.25) is 0 Å². The molecule has 10 nitrogen and oxygen atoms in total. The maximum Gasteiger partial charge on any atom is 0.253 e. The number of fused-ring (bicyclic) bond motifs is 1. The molecule has 10 heteroatoms. The Labute approximate surface area is 273 Å². The molecule has 1 amide bonds. The van der Waals surface area contributed by atoms with Gasteiger partial charge in [-0.1, -0.05) is 33.8 Å². The zero-order valence-corrected chi connectivity index (χ0v) is 28.6. The lowest BCUT2D eigenvalue weighted by molar-refractivity contribution is 0.0715. The summed E-state index contributed by atoms with van der Waals surface area (Å²) in [5.41, 5.74) is 4.16. The summed E-state index contributed by atoms with van der Waals surface area (Å²) in [6.07, 6.45) is 3.57. The van der Waals surface area contributed by atoms with Crippen molar-refractivity contribution in [1.82, 2.24) is 24.8 Å². The summed E-state index contributed by atoms with van der Waals surface area (Å²) < 4.78 is 18.8. The highest BCUT2D eigenvalue weighted by Crippen LogP contribution is 2.40. The van der Waals surface area contributed by atoms with Gasteiger partial charge in [0.25, 0.3) is 5.91 Å². The Morgan fingerprint density at radius 3 is 2.20 bits per heavy atom. The molecule has 4 rings (SSSR count). The van der Waals surface area contributed by atoms with Crippen molar-refractivity contribution in [1.29, 1.82) is 0 Å². The van der Waals surface area contributed by atoms with Crippen molar-refractivity contribution < 1.29 is 19.0 Å². The molecule has 0 bridgehead atoms. The molecule has 2 heterocycles. The fourth-order valence-corrected chi connectivity index (χ4v) is 5.66. The van der Waals surface area contributed by atoms with E-state index in [0.717, 1.165) is 41.8 Å². The first-order valence-corrected chi connectivity index (χ1v) is 16.1. The first kappa shape index (κ1) is 34.6. The van der Waals surface area contributed by atoms with Gasteiger partial charge in [0, 0.05) is 67.4 Å². The highest BCUT2D eigenvalue weighted by Gasteiger charge is 2.21. The van der Waals surface area contributed by atoms with Crippen LogP contribution in [0.4, 0.5) is 11.6 Å². The predicted octanol–water partition coefficient (Wildman–Crippen LogP) is 6.57. The van der Waals surface area contributed by atoms with E-state index < -0.39 is 0 Å². The second kappa shape index (κ2) is 16.3. The average molecular weight is 631 g/mol. The summed E-state index contributed by atoms with van der Waals surface area (Å²) in [6, 6.07) is 15.9. The maximum atomic E-state index is 13.7. The Morgan fingerprint density at radius 1 is 0.913 bits per heavy atom. The van der Waals surface area contributed by atoms with Crippen LogP contribution in [-0.4, -0.2) is 72.3 Å². The second-order valence-corrected chi connectivity index (χ2v) is 12.6. The smallest absolute Gasteiger partial charge is 0.253 e. The molecule has 0 aliphatic rings. The molecule has 4 aromatic rings. The number of nitrogens with one attached hydrogen (secondary N) is 2. The van der Waals surface area contributed by atoms with E-state index in [-0.39, 0.29) is 5.91 Å². The van der Waals surface area contributed by atoms with E-state index in [9.17, 15) is 4.79 Å². The number of carbonyl (C=O) groups is 1. The third-order valence-electron chi connectivity index (χ3n) is 7.67. The minimum absolute atomic E-state index is 0.0316. The highest BCUT2D eigenvalue weighted by atomic mass is 16.5. The van der Waals surface area contributed by atoms with Crippen molar-refractivity contribution in [2.75, 3.05) is 46.3 Å². The molecule has 248 valence electrons. The zero-order chi connectivity index (χ0) is 33.2. The van der Waals surface area contributed by atoms with Crippen LogP contribution in [0, 0.1) is 11.8 Å². The van der Waals surface area contributed by atoms with Gasteiger partial charge in [-0.15, -0.1) is 0 Å². The van der Waals surface area contributed by atoms with E-state index in [1.807, 2.05) is 53.6 Å². The highest BCUT2D eigenvalue weighted by molar-refractivity contribution is 5.98. The van der Waals surface area contributed by atoms with E-state index in [1.165, 1.54) is 0 Å². The molecule has 0 saturated carbocycles. The van der Waals surface area contributed by atoms with Crippen LogP contribution in [-0.2, 0) is 13.0 Å². The third kappa shape index (κ3) is 8.90. The number of imidazole rings is 1. The van der Waals surface area contributed by atoms with Crippen molar-refractivity contribution in [3.05, 3.63) is 66.0 Å². The van der Waals surface area contributed by atoms with Gasteiger partial charge in [0.05, 0.1) is 32.4 Å². The molecule has 0 aliphatic carbocycles. The van der Waals surface area contributed by atoms with E-state index in [2.05, 4.69) is 60.9 Å². The Hall–Kier alpha value is -4.31. The quantitative estimate of drug-likeness (QED) is 0.126. The second-order valence-electron chi connectivity index (χ2n) is 12.6. The number of methoxy groups -OCH3 is 3. The lowest BCUT2D eigenvalue weighted by Crippen LogP contribution is -2.37. The van der Waals surface area contributed by atoms with Crippen LogP contribution >= 0.6 is 0 Å². The van der Waals surface area contributed by atoms with Crippen molar-refractivity contribution in [3.8, 4) is 17.2 Å². The van der Waals surface area contributed by atoms with Gasteiger partial charge in [0.15, 0.2) is 11.5 Å². The largest absolute Gasteiger partial charge is 0.493 e. The number of hydrogen-bond donors (Lipinski definition) is 2. The summed E-state index contributed by atoms with van der Waals surface area (Å²) >= 11 is 0. The lowest BCUT2D eigenvalue weighted by atomic mass is 10.1. The van der Waals surface area contributed by atoms with Crippen molar-refractivity contribution >= 4 is 28.6 Å². The van der Waals surface area contributed by atoms with Gasteiger partial charge in [0.1, 0.15) is 0 Å². The number of rotatable bonds is 17. The van der Waals surface area contributed by atoms with Gasteiger partial charge in [-0.05, 0) is 62.1 Å². The fourth-order valence-electron chi connectivity index (χ4n) is 5.66. The number of aromatic nitrogens is 3. The summed E-state index contributed by atoms with van der Waals surface area (Å²) in [7, 11) is 4.78. The number of pyridine rings is 1. The molecule has 2 aromatic carbocycles. The van der Waals surface area contributed by atoms with Crippen molar-refractivity contribution in [2.45, 2.75) is 60.0 Å². The molecule has 0 aliphatic heterocycles. The van der Waals surface area contributed by atoms with E-state index >= 15 is 0 Å². The van der Waals surface area contributed by atoms with Gasteiger partial charge >= 0.3 is 0 Å². The van der Waals surface area contributed by atoms with Crippen LogP contribution in [0.1, 0.15) is 57.1 Å². The molecule has 0 radical (unpaired) electrons. The Kier molecular flexibility index (Phi) is 12.3. The predicted molar refractivity (Wildman–Crippen MR) is 185 cm³/mol. The fraction of sp³-hybridized carbons (Fsp3) is 0.472. The molecule has 46 heavy (non-hydrogen) atoms. The molecule has 0 fully saturated rings. The average Bonchev–Trinajstić information content (AvgIpc) is 3.37. The van der Waals surface area contributed by atoms with Crippen LogP contribution in [0.5, 0.6) is 17.2 Å². The van der Waals surface area contributed by atoms with Crippen LogP contribution in [0.15, 0.2) is 54.7 Å². The zero-order valence-electron chi connectivity index (χ0n) is 28.6. The molecule has 1 atom stereocenters. The number of amides is 1. The molecular formula is C36H50N6O4. The lowest BCUT2D eigenvalue weighted by Gasteiger charge is -2.26. The minimum Gasteiger partial charge on any atom is -0.493 e. The topological polar surface area (TPSA) is 103 Å². The van der Waals surface area contributed by atoms with E-state index in [4.69, 9.17) is 19.2 Å². The van der Waals surface area contributed by atoms with E-state index in [1.54, 1.807) is 21.3 Å². The molecular weight excluding hydrogens is 580 g/mol. The number of aryl methyl sites for hydroxylation is 1. The van der Waals surface area contributed by atoms with E-state index in [0.29, 0.717) is 66.3 Å². The summed E-state index contributed by atoms with van der Waals surface area (Å²) in [6.45, 7) is 13.7. The summed E-state index contributed by atoms with van der Waals surface area (Å²) in [4.78, 5) is 25.1. The van der Waals surface area contributed by atoms with Crippen molar-refractivity contribution in [3.63, 3.8) is 0 Å². The first-order chi connectivity index (χ1) is 22.1. The number of benzene rings is 2. The standard InChI is InChI=1S/C36H50N6O4/c1-24(2)22-41(23-25(3)4)35(43)27-13-14-31-30(19-27)40-36(39-29-20-32(44-6)34(46-8)33(21-29)45-7)42(31)17-11-16-37-26(5)18-28-12-9-10-15-38-28/h9-10,12-15,19-21,24-26,37H,11,16-18,22-23H2,1-8H3,(H,39,40). The SMILES string of the molecule is COc1cc(Nc2nc3cc(C(=O)N(CC(C)C)CC(C)C)ccc3n2CCCNC(C)Cc2ccccn2)cc(OC)c1OC. The Morgan fingerprint density at radius 2 is 1.61 bits per heavy atom. The molecule has 1 unspecified atom stereocenters. The van der Waals surface area contributed by atoms with Crippen LogP contribution < -0.4 is 24.8 Å². The first-order valence-electron chi connectivity index (χ1n) is 16.1. The molecule has 2 N–H and O–H groups in total. The number of carbonyl (C=O) groups excluding carboxylic acids is 1. The van der Waals surface area contributed by atoms with Gasteiger partial charge in [-0.3, -0.25) is 9.78 Å². The Balaban J connectivity index is 1.62. The van der Waals surface area contributed by atoms with Crippen molar-refractivity contribution in [2.24, 2.45) is 11.8 Å². The normalized spacial score (nSPS) is 12.0. The number of nitrogens with zero attached hydrogens (tertiary/aromatic N) is 4. The molecule has 0 saturated heterocycles. The third-order valence-corrected chi connectivity index (χ3v) is 7.67.